The van der Waals surface area contributed by atoms with Gasteiger partial charge in [0, 0.05) is 18.4 Å². The maximum Gasteiger partial charge on any atom is 0.274 e. The second kappa shape index (κ2) is 6.52. The van der Waals surface area contributed by atoms with Crippen molar-refractivity contribution in [2.24, 2.45) is 5.10 Å². The van der Waals surface area contributed by atoms with E-state index in [4.69, 9.17) is 0 Å². The van der Waals surface area contributed by atoms with Gasteiger partial charge in [-0.25, -0.2) is 9.40 Å². The third-order valence-electron chi connectivity index (χ3n) is 3.71. The summed E-state index contributed by atoms with van der Waals surface area (Å²) in [6, 6.07) is 13.1. The molecule has 116 valence electrons. The highest BCUT2D eigenvalue weighted by molar-refractivity contribution is 6.04. The first-order chi connectivity index (χ1) is 11.2. The molecule has 2 aromatic carbocycles. The molecule has 0 saturated heterocycles. The number of hydrogen-bond donors (Lipinski definition) is 0. The van der Waals surface area contributed by atoms with Gasteiger partial charge in [0.2, 0.25) is 0 Å². The van der Waals surface area contributed by atoms with E-state index >= 15 is 0 Å². The van der Waals surface area contributed by atoms with Crippen molar-refractivity contribution in [3.63, 3.8) is 0 Å². The fraction of sp³-hybridized carbons (Fsp3) is 0.167. The molecule has 3 rings (SSSR count). The molecular weight excluding hydrogens is 295 g/mol. The van der Waals surface area contributed by atoms with Crippen LogP contribution in [0.15, 0.2) is 53.6 Å². The molecule has 0 saturated carbocycles. The Bertz CT molecular complexity index is 769. The Labute approximate surface area is 133 Å². The molecule has 1 amide bonds. The zero-order valence-corrected chi connectivity index (χ0v) is 12.4. The Morgan fingerprint density at radius 1 is 1.22 bits per heavy atom. The Hall–Kier alpha value is -2.82. The molecule has 5 heteroatoms. The highest BCUT2D eigenvalue weighted by Gasteiger charge is 2.22. The lowest BCUT2D eigenvalue weighted by atomic mass is 10.0. The quantitative estimate of drug-likeness (QED) is 0.815. The molecular formula is C18H15FN2O2. The van der Waals surface area contributed by atoms with Crippen LogP contribution in [0.4, 0.5) is 4.39 Å². The van der Waals surface area contributed by atoms with Crippen molar-refractivity contribution in [2.75, 3.05) is 6.54 Å². The maximum absolute atomic E-state index is 13.2. The third kappa shape index (κ3) is 3.34. The van der Waals surface area contributed by atoms with Gasteiger partial charge in [-0.05, 0) is 29.3 Å². The summed E-state index contributed by atoms with van der Waals surface area (Å²) in [5.74, 6) is -0.748. The van der Waals surface area contributed by atoms with Gasteiger partial charge in [0.05, 0.1) is 12.3 Å². The standard InChI is InChI=1S/C18H15FN2O2/c19-16-3-1-2-15(12-16)18(23)21-10-8-17(20-21)14-6-4-13(5-7-14)9-11-22/h1-7,11-12H,8-10H2. The number of benzene rings is 2. The first-order valence-corrected chi connectivity index (χ1v) is 7.35. The second-order valence-corrected chi connectivity index (χ2v) is 5.30. The van der Waals surface area contributed by atoms with Crippen LogP contribution >= 0.6 is 0 Å². The minimum absolute atomic E-state index is 0.288. The predicted molar refractivity (Wildman–Crippen MR) is 84.8 cm³/mol. The largest absolute Gasteiger partial charge is 0.303 e. The predicted octanol–water partition coefficient (Wildman–Crippen LogP) is 2.82. The van der Waals surface area contributed by atoms with E-state index < -0.39 is 5.82 Å². The molecule has 0 fully saturated rings. The minimum atomic E-state index is -0.440. The van der Waals surface area contributed by atoms with Gasteiger partial charge in [-0.2, -0.15) is 5.10 Å². The summed E-state index contributed by atoms with van der Waals surface area (Å²) in [7, 11) is 0. The van der Waals surface area contributed by atoms with E-state index in [1.165, 1.54) is 23.2 Å². The lowest BCUT2D eigenvalue weighted by Crippen LogP contribution is -2.23. The maximum atomic E-state index is 13.2. The number of halogens is 1. The highest BCUT2D eigenvalue weighted by atomic mass is 19.1. The van der Waals surface area contributed by atoms with E-state index in [2.05, 4.69) is 5.10 Å². The average Bonchev–Trinajstić information content (AvgIpc) is 3.05. The molecule has 1 aliphatic heterocycles. The van der Waals surface area contributed by atoms with Gasteiger partial charge in [0.15, 0.2) is 0 Å². The van der Waals surface area contributed by atoms with Crippen LogP contribution in [-0.4, -0.2) is 29.5 Å². The number of aldehydes is 1. The molecule has 0 spiro atoms. The molecule has 1 heterocycles. The van der Waals surface area contributed by atoms with Gasteiger partial charge in [-0.1, -0.05) is 30.3 Å². The highest BCUT2D eigenvalue weighted by Crippen LogP contribution is 2.17. The van der Waals surface area contributed by atoms with Gasteiger partial charge >= 0.3 is 0 Å². The first-order valence-electron chi connectivity index (χ1n) is 7.35. The molecule has 0 bridgehead atoms. The monoisotopic (exact) mass is 310 g/mol. The van der Waals surface area contributed by atoms with E-state index in [1.807, 2.05) is 24.3 Å². The average molecular weight is 310 g/mol. The summed E-state index contributed by atoms with van der Waals surface area (Å²) < 4.78 is 13.2. The molecule has 0 unspecified atom stereocenters. The fourth-order valence-corrected chi connectivity index (χ4v) is 2.51. The van der Waals surface area contributed by atoms with Crippen molar-refractivity contribution in [3.05, 3.63) is 71.0 Å². The van der Waals surface area contributed by atoms with Crippen molar-refractivity contribution in [1.29, 1.82) is 0 Å². The normalized spacial score (nSPS) is 13.8. The molecule has 0 atom stereocenters. The molecule has 4 nitrogen and oxygen atoms in total. The third-order valence-corrected chi connectivity index (χ3v) is 3.71. The molecule has 2 aromatic rings. The number of hydrogen-bond acceptors (Lipinski definition) is 3. The van der Waals surface area contributed by atoms with Crippen LogP contribution in [0.5, 0.6) is 0 Å². The Balaban J connectivity index is 1.77. The van der Waals surface area contributed by atoms with Crippen LogP contribution in [0, 0.1) is 5.82 Å². The van der Waals surface area contributed by atoms with Crippen LogP contribution in [-0.2, 0) is 11.2 Å². The van der Waals surface area contributed by atoms with Gasteiger partial charge in [0.1, 0.15) is 12.1 Å². The number of amides is 1. The number of rotatable bonds is 4. The molecule has 0 aromatic heterocycles. The van der Waals surface area contributed by atoms with Crippen molar-refractivity contribution < 1.29 is 14.0 Å². The summed E-state index contributed by atoms with van der Waals surface area (Å²) in [5, 5.41) is 5.71. The van der Waals surface area contributed by atoms with E-state index in [9.17, 15) is 14.0 Å². The SMILES string of the molecule is O=CCc1ccc(C2=NN(C(=O)c3cccc(F)c3)CC2)cc1. The van der Waals surface area contributed by atoms with Gasteiger partial charge in [0.25, 0.3) is 5.91 Å². The molecule has 1 aliphatic rings. The number of nitrogens with zero attached hydrogens (tertiary/aromatic N) is 2. The Morgan fingerprint density at radius 2 is 2.00 bits per heavy atom. The van der Waals surface area contributed by atoms with Gasteiger partial charge < -0.3 is 4.79 Å². The van der Waals surface area contributed by atoms with Gasteiger partial charge in [-0.3, -0.25) is 4.79 Å². The fourth-order valence-electron chi connectivity index (χ4n) is 2.51. The van der Waals surface area contributed by atoms with Crippen LogP contribution < -0.4 is 0 Å². The van der Waals surface area contributed by atoms with Crippen LogP contribution in [0.3, 0.4) is 0 Å². The summed E-state index contributed by atoms with van der Waals surface area (Å²) in [5.41, 5.74) is 2.97. The second-order valence-electron chi connectivity index (χ2n) is 5.30. The number of carbonyl (C=O) groups is 2. The summed E-state index contributed by atoms with van der Waals surface area (Å²) in [6.07, 6.45) is 1.90. The zero-order chi connectivity index (χ0) is 16.2. The van der Waals surface area contributed by atoms with E-state index in [1.54, 1.807) is 6.07 Å². The van der Waals surface area contributed by atoms with Crippen molar-refractivity contribution in [2.45, 2.75) is 12.8 Å². The molecule has 23 heavy (non-hydrogen) atoms. The van der Waals surface area contributed by atoms with Crippen molar-refractivity contribution in [1.82, 2.24) is 5.01 Å². The van der Waals surface area contributed by atoms with Crippen molar-refractivity contribution >= 4 is 17.9 Å². The lowest BCUT2D eigenvalue weighted by Gasteiger charge is -2.11. The zero-order valence-electron chi connectivity index (χ0n) is 12.4. The topological polar surface area (TPSA) is 49.7 Å². The number of carbonyl (C=O) groups excluding carboxylic acids is 2. The number of hydrazone groups is 1. The smallest absolute Gasteiger partial charge is 0.274 e. The van der Waals surface area contributed by atoms with Crippen LogP contribution in [0.2, 0.25) is 0 Å². The Kier molecular flexibility index (Phi) is 4.28. The molecule has 0 radical (unpaired) electrons. The lowest BCUT2D eigenvalue weighted by molar-refractivity contribution is -0.107. The van der Waals surface area contributed by atoms with Crippen LogP contribution in [0.25, 0.3) is 0 Å². The minimum Gasteiger partial charge on any atom is -0.303 e. The first kappa shape index (κ1) is 15.1. The van der Waals surface area contributed by atoms with Crippen LogP contribution in [0.1, 0.15) is 27.9 Å². The summed E-state index contributed by atoms with van der Waals surface area (Å²) >= 11 is 0. The van der Waals surface area contributed by atoms with Gasteiger partial charge in [-0.15, -0.1) is 0 Å². The van der Waals surface area contributed by atoms with Crippen molar-refractivity contribution in [3.8, 4) is 0 Å². The summed E-state index contributed by atoms with van der Waals surface area (Å²) in [4.78, 5) is 22.8. The van der Waals surface area contributed by atoms with E-state index in [0.29, 0.717) is 19.4 Å². The van der Waals surface area contributed by atoms with E-state index in [0.717, 1.165) is 23.1 Å². The van der Waals surface area contributed by atoms with E-state index in [-0.39, 0.29) is 11.5 Å². The summed E-state index contributed by atoms with van der Waals surface area (Å²) in [6.45, 7) is 0.473. The molecule has 0 aliphatic carbocycles. The molecule has 0 N–H and O–H groups in total. The Morgan fingerprint density at radius 3 is 2.70 bits per heavy atom.